The maximum atomic E-state index is 12.4. The zero-order valence-corrected chi connectivity index (χ0v) is 14.8. The lowest BCUT2D eigenvalue weighted by molar-refractivity contribution is -0.144. The quantitative estimate of drug-likeness (QED) is 0.813. The number of hydrogen-bond donors (Lipinski definition) is 1. The number of ether oxygens (including phenoxy) is 1. The smallest absolute Gasteiger partial charge is 0.330 e. The van der Waals surface area contributed by atoms with E-state index in [2.05, 4.69) is 5.92 Å². The monoisotopic (exact) mass is 361 g/mol. The Morgan fingerprint density at radius 1 is 1.28 bits per heavy atom. The van der Waals surface area contributed by atoms with Crippen LogP contribution >= 0.6 is 11.6 Å². The molecule has 0 spiro atoms. The van der Waals surface area contributed by atoms with Crippen LogP contribution in [-0.4, -0.2) is 28.1 Å². The number of carboxylic acid groups (broad SMARTS) is 1. The maximum absolute atomic E-state index is 12.4. The minimum absolute atomic E-state index is 0.187. The number of nitrogens with zero attached hydrogens (tertiary/aromatic N) is 1. The van der Waals surface area contributed by atoms with Gasteiger partial charge in [0.2, 0.25) is 0 Å². The zero-order valence-electron chi connectivity index (χ0n) is 14.0. The van der Waals surface area contributed by atoms with Gasteiger partial charge in [0.15, 0.2) is 0 Å². The number of carbonyl (C=O) groups is 2. The van der Waals surface area contributed by atoms with Gasteiger partial charge in [0, 0.05) is 5.69 Å². The Kier molecular flexibility index (Phi) is 4.42. The summed E-state index contributed by atoms with van der Waals surface area (Å²) in [4.78, 5) is 25.6. The number of terminal acetylenes is 1. The van der Waals surface area contributed by atoms with Crippen molar-refractivity contribution in [3.63, 3.8) is 0 Å². The summed E-state index contributed by atoms with van der Waals surface area (Å²) in [5.74, 6) is 0.851. The third kappa shape index (κ3) is 3.19. The van der Waals surface area contributed by atoms with Crippen molar-refractivity contribution in [3.05, 3.63) is 23.2 Å². The highest BCUT2D eigenvalue weighted by atomic mass is 35.5. The highest BCUT2D eigenvalue weighted by Crippen LogP contribution is 2.44. The molecule has 0 atom stereocenters. The van der Waals surface area contributed by atoms with Gasteiger partial charge in [-0.1, -0.05) is 24.4 Å². The van der Waals surface area contributed by atoms with Crippen molar-refractivity contribution in [2.75, 3.05) is 4.90 Å². The molecule has 1 amide bonds. The Bertz CT molecular complexity index is 757. The molecule has 25 heavy (non-hydrogen) atoms. The van der Waals surface area contributed by atoms with Crippen LogP contribution in [-0.2, 0) is 9.59 Å². The molecule has 1 aromatic rings. The third-order valence-corrected chi connectivity index (χ3v) is 5.36. The third-order valence-electron chi connectivity index (χ3n) is 5.07. The molecule has 1 aromatic carbocycles. The number of halogens is 1. The molecule has 2 saturated carbocycles. The second kappa shape index (κ2) is 6.27. The van der Waals surface area contributed by atoms with Gasteiger partial charge in [-0.05, 0) is 56.7 Å². The molecule has 0 bridgehead atoms. The topological polar surface area (TPSA) is 66.8 Å². The van der Waals surface area contributed by atoms with Crippen molar-refractivity contribution in [2.45, 2.75) is 56.6 Å². The Morgan fingerprint density at radius 3 is 2.40 bits per heavy atom. The van der Waals surface area contributed by atoms with Gasteiger partial charge in [0.05, 0.1) is 5.02 Å². The summed E-state index contributed by atoms with van der Waals surface area (Å²) in [5.41, 5.74) is -1.13. The van der Waals surface area contributed by atoms with Gasteiger partial charge in [0.1, 0.15) is 16.9 Å². The van der Waals surface area contributed by atoms with Crippen molar-refractivity contribution in [2.24, 2.45) is 0 Å². The number of anilines is 1. The highest BCUT2D eigenvalue weighted by molar-refractivity contribution is 6.32. The van der Waals surface area contributed by atoms with Crippen molar-refractivity contribution < 1.29 is 19.4 Å². The molecule has 1 N–H and O–H groups in total. The van der Waals surface area contributed by atoms with Crippen LogP contribution in [0.4, 0.5) is 5.69 Å². The first kappa shape index (κ1) is 17.6. The Labute approximate surface area is 151 Å². The van der Waals surface area contributed by atoms with Gasteiger partial charge < -0.3 is 9.84 Å². The fourth-order valence-electron chi connectivity index (χ4n) is 3.37. The van der Waals surface area contributed by atoms with E-state index < -0.39 is 17.4 Å². The predicted molar refractivity (Wildman–Crippen MR) is 94.9 cm³/mol. The molecule has 2 fully saturated rings. The van der Waals surface area contributed by atoms with Gasteiger partial charge in [0.25, 0.3) is 0 Å². The van der Waals surface area contributed by atoms with Crippen molar-refractivity contribution in [1.82, 2.24) is 0 Å². The fourth-order valence-corrected chi connectivity index (χ4v) is 3.58. The molecule has 0 radical (unpaired) electrons. The van der Waals surface area contributed by atoms with Crippen molar-refractivity contribution in [3.8, 4) is 18.1 Å². The van der Waals surface area contributed by atoms with E-state index in [-0.39, 0.29) is 5.60 Å². The van der Waals surface area contributed by atoms with E-state index in [4.69, 9.17) is 22.8 Å². The molecular formula is C19H20ClNO4. The molecule has 0 unspecified atom stereocenters. The van der Waals surface area contributed by atoms with Gasteiger partial charge in [-0.2, -0.15) is 0 Å². The van der Waals surface area contributed by atoms with E-state index >= 15 is 0 Å². The van der Waals surface area contributed by atoms with E-state index in [0.717, 1.165) is 25.7 Å². The van der Waals surface area contributed by atoms with Crippen molar-refractivity contribution in [1.29, 1.82) is 0 Å². The van der Waals surface area contributed by atoms with Gasteiger partial charge in [-0.25, -0.2) is 4.79 Å². The maximum Gasteiger partial charge on any atom is 0.330 e. The van der Waals surface area contributed by atoms with Gasteiger partial charge in [-0.15, -0.1) is 6.42 Å². The first-order chi connectivity index (χ1) is 11.8. The summed E-state index contributed by atoms with van der Waals surface area (Å²) in [5, 5.41) is 10.1. The first-order valence-corrected chi connectivity index (χ1v) is 8.72. The van der Waals surface area contributed by atoms with E-state index in [0.29, 0.717) is 29.3 Å². The fraction of sp³-hybridized carbons (Fsp3) is 0.474. The summed E-state index contributed by atoms with van der Waals surface area (Å²) < 4.78 is 5.87. The molecule has 0 saturated heterocycles. The predicted octanol–water partition coefficient (Wildman–Crippen LogP) is 3.63. The molecule has 0 aromatic heterocycles. The second-order valence-corrected chi connectivity index (χ2v) is 7.40. The van der Waals surface area contributed by atoms with Crippen LogP contribution in [0.1, 0.15) is 45.4 Å². The molecule has 0 aliphatic heterocycles. The van der Waals surface area contributed by atoms with E-state index in [1.54, 1.807) is 18.2 Å². The summed E-state index contributed by atoms with van der Waals surface area (Å²) in [6.07, 6.45) is 9.43. The number of hydrogen-bond acceptors (Lipinski definition) is 3. The molecule has 0 heterocycles. The van der Waals surface area contributed by atoms with Crippen LogP contribution in [0.25, 0.3) is 0 Å². The number of rotatable bonds is 5. The van der Waals surface area contributed by atoms with Crippen LogP contribution in [0.2, 0.25) is 5.02 Å². The summed E-state index contributed by atoms with van der Waals surface area (Å²) in [7, 11) is 0. The minimum atomic E-state index is -1.32. The SMILES string of the molecule is C#CC(=O)N(c1ccc(OC2(C)CC2)c(Cl)c1)C1(C(=O)O)CCCC1. The largest absolute Gasteiger partial charge is 0.486 e. The average Bonchev–Trinajstić information content (AvgIpc) is 3.09. The number of benzene rings is 1. The lowest BCUT2D eigenvalue weighted by atomic mass is 9.94. The highest BCUT2D eigenvalue weighted by Gasteiger charge is 2.49. The Morgan fingerprint density at radius 2 is 1.92 bits per heavy atom. The number of carboxylic acids is 1. The average molecular weight is 362 g/mol. The number of aliphatic carboxylic acids is 1. The van der Waals surface area contributed by atoms with Crippen LogP contribution in [0, 0.1) is 12.3 Å². The summed E-state index contributed by atoms with van der Waals surface area (Å²) >= 11 is 6.32. The lowest BCUT2D eigenvalue weighted by Crippen LogP contribution is -2.55. The molecule has 2 aliphatic carbocycles. The molecular weight excluding hydrogens is 342 g/mol. The molecule has 2 aliphatic rings. The van der Waals surface area contributed by atoms with E-state index in [1.807, 2.05) is 6.92 Å². The second-order valence-electron chi connectivity index (χ2n) is 7.00. The lowest BCUT2D eigenvalue weighted by Gasteiger charge is -2.36. The van der Waals surface area contributed by atoms with Gasteiger partial charge in [-0.3, -0.25) is 9.69 Å². The number of amides is 1. The Balaban J connectivity index is 1.99. The molecule has 132 valence electrons. The van der Waals surface area contributed by atoms with E-state index in [9.17, 15) is 14.7 Å². The summed E-state index contributed by atoms with van der Waals surface area (Å²) in [6, 6.07) is 4.87. The van der Waals surface area contributed by atoms with E-state index in [1.165, 1.54) is 4.90 Å². The normalized spacial score (nSPS) is 19.7. The zero-order chi connectivity index (χ0) is 18.2. The minimum Gasteiger partial charge on any atom is -0.486 e. The summed E-state index contributed by atoms with van der Waals surface area (Å²) in [6.45, 7) is 2.00. The van der Waals surface area contributed by atoms with Crippen LogP contribution in [0.15, 0.2) is 18.2 Å². The molecule has 5 nitrogen and oxygen atoms in total. The molecule has 3 rings (SSSR count). The van der Waals surface area contributed by atoms with Crippen LogP contribution in [0.3, 0.4) is 0 Å². The van der Waals surface area contributed by atoms with Gasteiger partial charge >= 0.3 is 11.9 Å². The molecule has 6 heteroatoms. The van der Waals surface area contributed by atoms with Crippen LogP contribution in [0.5, 0.6) is 5.75 Å². The Hall–Kier alpha value is -2.19. The standard InChI is InChI=1S/C19H20ClNO4/c1-3-16(22)21(19(17(23)24)8-4-5-9-19)13-6-7-15(14(20)12-13)25-18(2)10-11-18/h1,6-7,12H,4-5,8-11H2,2H3,(H,23,24). The first-order valence-electron chi connectivity index (χ1n) is 8.34. The van der Waals surface area contributed by atoms with Crippen molar-refractivity contribution >= 4 is 29.2 Å². The number of carbonyl (C=O) groups excluding carboxylic acids is 1. The van der Waals surface area contributed by atoms with Crippen LogP contribution < -0.4 is 9.64 Å².